The summed E-state index contributed by atoms with van der Waals surface area (Å²) in [5.41, 5.74) is 1.75. The Hall–Kier alpha value is -2.64. The predicted octanol–water partition coefficient (Wildman–Crippen LogP) is -0.0771. The molecule has 8 heteroatoms. The maximum Gasteiger partial charge on any atom is 0.328 e. The molecule has 23 heavy (non-hydrogen) atoms. The summed E-state index contributed by atoms with van der Waals surface area (Å²) in [7, 11) is 3.38. The Morgan fingerprint density at radius 3 is 2.87 bits per heavy atom. The molecule has 1 aliphatic rings. The van der Waals surface area contributed by atoms with Crippen LogP contribution in [-0.2, 0) is 20.5 Å². The summed E-state index contributed by atoms with van der Waals surface area (Å²) >= 11 is 0. The number of carbonyl (C=O) groups is 1. The lowest BCUT2D eigenvalue weighted by atomic mass is 9.91. The van der Waals surface area contributed by atoms with Crippen molar-refractivity contribution in [3.05, 3.63) is 49.5 Å². The van der Waals surface area contributed by atoms with Gasteiger partial charge in [0.25, 0.3) is 11.5 Å². The number of nitrogens with one attached hydrogen (secondary N) is 2. The minimum absolute atomic E-state index is 0.0687. The molecule has 0 bridgehead atoms. The first-order valence-corrected chi connectivity index (χ1v) is 7.51. The van der Waals surface area contributed by atoms with Gasteiger partial charge in [-0.05, 0) is 26.2 Å². The summed E-state index contributed by atoms with van der Waals surface area (Å²) in [4.78, 5) is 37.8. The minimum Gasteiger partial charge on any atom is -0.345 e. The molecule has 1 atom stereocenters. The summed E-state index contributed by atoms with van der Waals surface area (Å²) in [6, 6.07) is -0.170. The highest BCUT2D eigenvalue weighted by molar-refractivity contribution is 5.93. The van der Waals surface area contributed by atoms with Crippen LogP contribution in [0.2, 0.25) is 0 Å². The molecule has 2 aromatic rings. The molecular weight excluding hydrogens is 298 g/mol. The normalized spacial score (nSPS) is 16.9. The van der Waals surface area contributed by atoms with Crippen LogP contribution < -0.4 is 16.6 Å². The van der Waals surface area contributed by atoms with E-state index in [2.05, 4.69) is 15.4 Å². The fourth-order valence-corrected chi connectivity index (χ4v) is 3.20. The van der Waals surface area contributed by atoms with E-state index in [-0.39, 0.29) is 11.6 Å². The quantitative estimate of drug-likeness (QED) is 0.809. The Labute approximate surface area is 132 Å². The molecule has 0 spiro atoms. The predicted molar refractivity (Wildman–Crippen MR) is 83.4 cm³/mol. The summed E-state index contributed by atoms with van der Waals surface area (Å²) < 4.78 is 3.03. The lowest BCUT2D eigenvalue weighted by Crippen LogP contribution is -2.38. The van der Waals surface area contributed by atoms with Gasteiger partial charge < -0.3 is 9.88 Å². The van der Waals surface area contributed by atoms with Crippen molar-refractivity contribution in [2.75, 3.05) is 0 Å². The molecule has 0 radical (unpaired) electrons. The molecule has 2 N–H and O–H groups in total. The molecule has 1 unspecified atom stereocenters. The van der Waals surface area contributed by atoms with Crippen molar-refractivity contribution in [2.45, 2.75) is 32.2 Å². The van der Waals surface area contributed by atoms with Gasteiger partial charge in [0.05, 0.1) is 11.7 Å². The fourth-order valence-electron chi connectivity index (χ4n) is 3.20. The van der Waals surface area contributed by atoms with Crippen molar-refractivity contribution < 1.29 is 4.79 Å². The van der Waals surface area contributed by atoms with E-state index in [1.54, 1.807) is 0 Å². The van der Waals surface area contributed by atoms with Gasteiger partial charge in [0.2, 0.25) is 0 Å². The van der Waals surface area contributed by atoms with Crippen LogP contribution in [0.4, 0.5) is 0 Å². The molecule has 122 valence electrons. The Morgan fingerprint density at radius 1 is 1.39 bits per heavy atom. The van der Waals surface area contributed by atoms with Crippen LogP contribution in [0.5, 0.6) is 0 Å². The zero-order chi connectivity index (χ0) is 16.7. The number of hydrogen-bond acceptors (Lipinski definition) is 4. The first-order chi connectivity index (χ1) is 10.9. The van der Waals surface area contributed by atoms with E-state index in [9.17, 15) is 14.4 Å². The summed E-state index contributed by atoms with van der Waals surface area (Å²) in [5.74, 6) is -0.483. The second kappa shape index (κ2) is 5.53. The molecule has 1 amide bonds. The van der Waals surface area contributed by atoms with Gasteiger partial charge in [-0.3, -0.25) is 19.3 Å². The molecule has 1 aliphatic carbocycles. The Morgan fingerprint density at radius 2 is 2.13 bits per heavy atom. The van der Waals surface area contributed by atoms with E-state index in [4.69, 9.17) is 0 Å². The van der Waals surface area contributed by atoms with Crippen LogP contribution in [0.15, 0.2) is 15.8 Å². The zero-order valence-corrected chi connectivity index (χ0v) is 13.3. The van der Waals surface area contributed by atoms with E-state index >= 15 is 0 Å². The number of aromatic amines is 1. The fraction of sp³-hybridized carbons (Fsp3) is 0.467. The lowest BCUT2D eigenvalue weighted by molar-refractivity contribution is 0.0930. The first kappa shape index (κ1) is 15.3. The lowest BCUT2D eigenvalue weighted by Gasteiger charge is -2.24. The number of nitrogens with zero attached hydrogens (tertiary/aromatic N) is 3. The number of aryl methyl sites for hydroxylation is 3. The second-order valence-electron chi connectivity index (χ2n) is 5.90. The van der Waals surface area contributed by atoms with Crippen molar-refractivity contribution in [1.29, 1.82) is 0 Å². The SMILES string of the molecule is Cc1nn(C)c2c1C(NC(=O)c1cn(C)c(=O)[nH]c1=O)CCC2. The van der Waals surface area contributed by atoms with Gasteiger partial charge in [0, 0.05) is 31.5 Å². The Bertz CT molecular complexity index is 889. The van der Waals surface area contributed by atoms with Crippen molar-refractivity contribution in [1.82, 2.24) is 24.6 Å². The van der Waals surface area contributed by atoms with Crippen molar-refractivity contribution in [3.8, 4) is 0 Å². The van der Waals surface area contributed by atoms with Gasteiger partial charge in [-0.25, -0.2) is 4.79 Å². The summed E-state index contributed by atoms with van der Waals surface area (Å²) in [6.45, 7) is 1.92. The monoisotopic (exact) mass is 317 g/mol. The summed E-state index contributed by atoms with van der Waals surface area (Å²) in [6.07, 6.45) is 3.94. The molecule has 0 saturated carbocycles. The molecule has 2 heterocycles. The van der Waals surface area contributed by atoms with Gasteiger partial charge >= 0.3 is 5.69 Å². The van der Waals surface area contributed by atoms with Crippen LogP contribution in [0.25, 0.3) is 0 Å². The highest BCUT2D eigenvalue weighted by Crippen LogP contribution is 2.31. The van der Waals surface area contributed by atoms with Crippen LogP contribution in [0.3, 0.4) is 0 Å². The first-order valence-electron chi connectivity index (χ1n) is 7.51. The van der Waals surface area contributed by atoms with Crippen molar-refractivity contribution in [3.63, 3.8) is 0 Å². The molecule has 3 rings (SSSR count). The zero-order valence-electron chi connectivity index (χ0n) is 13.3. The molecule has 2 aromatic heterocycles. The average Bonchev–Trinajstić information content (AvgIpc) is 2.79. The number of fused-ring (bicyclic) bond motifs is 1. The second-order valence-corrected chi connectivity index (χ2v) is 5.90. The van der Waals surface area contributed by atoms with E-state index in [0.717, 1.165) is 36.2 Å². The molecule has 0 saturated heterocycles. The molecule has 8 nitrogen and oxygen atoms in total. The maximum atomic E-state index is 12.5. The highest BCUT2D eigenvalue weighted by Gasteiger charge is 2.28. The van der Waals surface area contributed by atoms with Gasteiger partial charge in [0.15, 0.2) is 0 Å². The van der Waals surface area contributed by atoms with Crippen LogP contribution >= 0.6 is 0 Å². The van der Waals surface area contributed by atoms with Gasteiger partial charge in [-0.1, -0.05) is 0 Å². The highest BCUT2D eigenvalue weighted by atomic mass is 16.2. The van der Waals surface area contributed by atoms with Gasteiger partial charge in [-0.2, -0.15) is 5.10 Å². The number of H-pyrrole nitrogens is 1. The van der Waals surface area contributed by atoms with Crippen LogP contribution in [0, 0.1) is 6.92 Å². The third kappa shape index (κ3) is 2.60. The number of hydrogen-bond donors (Lipinski definition) is 2. The van der Waals surface area contributed by atoms with Gasteiger partial charge in [0.1, 0.15) is 5.56 Å². The smallest absolute Gasteiger partial charge is 0.328 e. The van der Waals surface area contributed by atoms with Crippen molar-refractivity contribution in [2.24, 2.45) is 14.1 Å². The maximum absolute atomic E-state index is 12.5. The third-order valence-electron chi connectivity index (χ3n) is 4.30. The number of amides is 1. The largest absolute Gasteiger partial charge is 0.345 e. The van der Waals surface area contributed by atoms with E-state index < -0.39 is 17.2 Å². The summed E-state index contributed by atoms with van der Waals surface area (Å²) in [5, 5.41) is 7.32. The standard InChI is InChI=1S/C15H19N5O3/c1-8-12-10(5-4-6-11(12)20(3)18-8)16-13(21)9-7-19(2)15(23)17-14(9)22/h7,10H,4-6H2,1-3H3,(H,16,21)(H,17,22,23). The average molecular weight is 317 g/mol. The molecule has 0 fully saturated rings. The topological polar surface area (TPSA) is 102 Å². The third-order valence-corrected chi connectivity index (χ3v) is 4.30. The molecule has 0 aliphatic heterocycles. The Balaban J connectivity index is 1.92. The number of carbonyl (C=O) groups excluding carboxylic acids is 1. The van der Waals surface area contributed by atoms with Crippen molar-refractivity contribution >= 4 is 5.91 Å². The number of aromatic nitrogens is 4. The Kier molecular flexibility index (Phi) is 3.67. The number of rotatable bonds is 2. The van der Waals surface area contributed by atoms with Crippen LogP contribution in [0.1, 0.15) is 46.2 Å². The van der Waals surface area contributed by atoms with E-state index in [0.29, 0.717) is 0 Å². The minimum atomic E-state index is -0.676. The van der Waals surface area contributed by atoms with E-state index in [1.807, 2.05) is 18.7 Å². The van der Waals surface area contributed by atoms with E-state index in [1.165, 1.54) is 17.8 Å². The molecular formula is C15H19N5O3. The molecule has 0 aromatic carbocycles. The van der Waals surface area contributed by atoms with Gasteiger partial charge in [-0.15, -0.1) is 0 Å². The van der Waals surface area contributed by atoms with Crippen LogP contribution in [-0.4, -0.2) is 25.2 Å².